The highest BCUT2D eigenvalue weighted by Gasteiger charge is 2.07. The summed E-state index contributed by atoms with van der Waals surface area (Å²) in [6, 6.07) is 14.6. The van der Waals surface area contributed by atoms with Crippen molar-refractivity contribution < 1.29 is 9.13 Å². The summed E-state index contributed by atoms with van der Waals surface area (Å²) < 4.78 is 19.0. The number of hydrogen-bond acceptors (Lipinski definition) is 3. The van der Waals surface area contributed by atoms with Crippen LogP contribution in [0, 0.1) is 12.7 Å². The average Bonchev–Trinajstić information content (AvgIpc) is 2.67. The molecule has 2 aromatic carbocycles. The molecule has 0 bridgehead atoms. The fraction of sp³-hybridized carbons (Fsp3) is 0.348. The molecular formula is C23H27FN2O. The van der Waals surface area contributed by atoms with Crippen LogP contribution in [0.4, 0.5) is 10.1 Å². The van der Waals surface area contributed by atoms with Crippen LogP contribution in [0.1, 0.15) is 43.9 Å². The van der Waals surface area contributed by atoms with Gasteiger partial charge in [-0.05, 0) is 55.3 Å². The third-order valence-corrected chi connectivity index (χ3v) is 4.57. The normalized spacial score (nSPS) is 10.9. The maximum atomic E-state index is 13.1. The largest absolute Gasteiger partial charge is 0.494 e. The number of benzene rings is 2. The van der Waals surface area contributed by atoms with E-state index in [1.165, 1.54) is 31.4 Å². The predicted molar refractivity (Wildman–Crippen MR) is 110 cm³/mol. The van der Waals surface area contributed by atoms with E-state index in [1.807, 2.05) is 25.1 Å². The third kappa shape index (κ3) is 5.43. The average molecular weight is 366 g/mol. The van der Waals surface area contributed by atoms with E-state index < -0.39 is 0 Å². The molecule has 0 aliphatic rings. The molecule has 0 saturated carbocycles. The molecule has 0 radical (unpaired) electrons. The number of anilines is 1. The minimum atomic E-state index is -0.218. The van der Waals surface area contributed by atoms with Gasteiger partial charge in [-0.15, -0.1) is 0 Å². The van der Waals surface area contributed by atoms with Crippen molar-refractivity contribution >= 4 is 16.6 Å². The Hall–Kier alpha value is -2.62. The quantitative estimate of drug-likeness (QED) is 0.454. The van der Waals surface area contributed by atoms with Crippen LogP contribution in [-0.2, 0) is 6.54 Å². The van der Waals surface area contributed by atoms with Crippen molar-refractivity contribution in [1.29, 1.82) is 0 Å². The van der Waals surface area contributed by atoms with Crippen molar-refractivity contribution in [2.24, 2.45) is 0 Å². The minimum absolute atomic E-state index is 0.218. The van der Waals surface area contributed by atoms with Crippen molar-refractivity contribution in [3.63, 3.8) is 0 Å². The molecule has 142 valence electrons. The topological polar surface area (TPSA) is 34.1 Å². The van der Waals surface area contributed by atoms with Crippen molar-refractivity contribution in [1.82, 2.24) is 4.98 Å². The summed E-state index contributed by atoms with van der Waals surface area (Å²) in [4.78, 5) is 4.62. The van der Waals surface area contributed by atoms with Crippen molar-refractivity contribution in [3.8, 4) is 5.75 Å². The number of hydrogen-bond donors (Lipinski definition) is 1. The Labute approximate surface area is 160 Å². The first-order chi connectivity index (χ1) is 13.2. The standard InChI is InChI=1S/C23H27FN2O/c1-3-4-5-6-13-27-20-11-12-22-21(15-20)23(14-17(2)26-22)25-16-18-7-9-19(24)10-8-18/h7-12,14-15H,3-6,13,16H2,1-2H3,(H,25,26). The van der Waals surface area contributed by atoms with Gasteiger partial charge < -0.3 is 10.1 Å². The van der Waals surface area contributed by atoms with E-state index in [9.17, 15) is 4.39 Å². The summed E-state index contributed by atoms with van der Waals surface area (Å²) in [6.07, 6.45) is 4.76. The second kappa shape index (κ2) is 9.36. The molecule has 0 spiro atoms. The van der Waals surface area contributed by atoms with Crippen LogP contribution >= 0.6 is 0 Å². The SMILES string of the molecule is CCCCCCOc1ccc2nc(C)cc(NCc3ccc(F)cc3)c2c1. The Morgan fingerprint density at radius 3 is 2.59 bits per heavy atom. The van der Waals surface area contributed by atoms with Gasteiger partial charge in [-0.1, -0.05) is 38.3 Å². The molecule has 0 saturated heterocycles. The number of aryl methyl sites for hydroxylation is 1. The monoisotopic (exact) mass is 366 g/mol. The Morgan fingerprint density at radius 2 is 1.81 bits per heavy atom. The van der Waals surface area contributed by atoms with Crippen LogP contribution in [0.2, 0.25) is 0 Å². The maximum Gasteiger partial charge on any atom is 0.123 e. The zero-order chi connectivity index (χ0) is 19.1. The number of fused-ring (bicyclic) bond motifs is 1. The van der Waals surface area contributed by atoms with Crippen LogP contribution in [-0.4, -0.2) is 11.6 Å². The van der Waals surface area contributed by atoms with E-state index in [-0.39, 0.29) is 5.82 Å². The number of rotatable bonds is 9. The minimum Gasteiger partial charge on any atom is -0.494 e. The van der Waals surface area contributed by atoms with E-state index in [1.54, 1.807) is 12.1 Å². The molecule has 0 amide bonds. The summed E-state index contributed by atoms with van der Waals surface area (Å²) in [6.45, 7) is 5.56. The fourth-order valence-electron chi connectivity index (χ4n) is 3.09. The van der Waals surface area contributed by atoms with Crippen LogP contribution in [0.3, 0.4) is 0 Å². The van der Waals surface area contributed by atoms with E-state index in [4.69, 9.17) is 4.74 Å². The van der Waals surface area contributed by atoms with Gasteiger partial charge in [-0.2, -0.15) is 0 Å². The molecule has 0 aliphatic heterocycles. The number of ether oxygens (including phenoxy) is 1. The van der Waals surface area contributed by atoms with Gasteiger partial charge in [0, 0.05) is 23.3 Å². The Morgan fingerprint density at radius 1 is 1.00 bits per heavy atom. The molecule has 0 unspecified atom stereocenters. The van der Waals surface area contributed by atoms with Crippen LogP contribution in [0.25, 0.3) is 10.9 Å². The first-order valence-corrected chi connectivity index (χ1v) is 9.68. The van der Waals surface area contributed by atoms with Crippen LogP contribution in [0.15, 0.2) is 48.5 Å². The van der Waals surface area contributed by atoms with Crippen molar-refractivity contribution in [2.45, 2.75) is 46.1 Å². The van der Waals surface area contributed by atoms with Gasteiger partial charge in [0.1, 0.15) is 11.6 Å². The first kappa shape index (κ1) is 19.2. The van der Waals surface area contributed by atoms with Crippen LogP contribution in [0.5, 0.6) is 5.75 Å². The number of halogens is 1. The lowest BCUT2D eigenvalue weighted by Gasteiger charge is -2.13. The lowest BCUT2D eigenvalue weighted by molar-refractivity contribution is 0.305. The second-order valence-electron chi connectivity index (χ2n) is 6.88. The molecule has 0 fully saturated rings. The zero-order valence-electron chi connectivity index (χ0n) is 16.1. The van der Waals surface area contributed by atoms with Gasteiger partial charge >= 0.3 is 0 Å². The van der Waals surface area contributed by atoms with Crippen LogP contribution < -0.4 is 10.1 Å². The summed E-state index contributed by atoms with van der Waals surface area (Å²) >= 11 is 0. The first-order valence-electron chi connectivity index (χ1n) is 9.68. The van der Waals surface area contributed by atoms with Gasteiger partial charge in [-0.3, -0.25) is 4.98 Å². The summed E-state index contributed by atoms with van der Waals surface area (Å²) in [5.74, 6) is 0.652. The summed E-state index contributed by atoms with van der Waals surface area (Å²) in [7, 11) is 0. The number of unbranched alkanes of at least 4 members (excludes halogenated alkanes) is 3. The molecule has 1 heterocycles. The van der Waals surface area contributed by atoms with Gasteiger partial charge in [0.05, 0.1) is 12.1 Å². The van der Waals surface area contributed by atoms with Crippen molar-refractivity contribution in [2.75, 3.05) is 11.9 Å². The molecule has 3 nitrogen and oxygen atoms in total. The lowest BCUT2D eigenvalue weighted by Crippen LogP contribution is -2.02. The van der Waals surface area contributed by atoms with Gasteiger partial charge in [0.2, 0.25) is 0 Å². The van der Waals surface area contributed by atoms with Crippen molar-refractivity contribution in [3.05, 3.63) is 65.6 Å². The lowest BCUT2D eigenvalue weighted by atomic mass is 10.1. The highest BCUT2D eigenvalue weighted by atomic mass is 19.1. The van der Waals surface area contributed by atoms with Gasteiger partial charge in [0.25, 0.3) is 0 Å². The van der Waals surface area contributed by atoms with E-state index in [0.29, 0.717) is 6.54 Å². The number of aromatic nitrogens is 1. The Bertz CT molecular complexity index is 877. The maximum absolute atomic E-state index is 13.1. The molecule has 27 heavy (non-hydrogen) atoms. The molecule has 1 N–H and O–H groups in total. The molecule has 1 aromatic heterocycles. The molecular weight excluding hydrogens is 339 g/mol. The predicted octanol–water partition coefficient (Wildman–Crippen LogP) is 6.25. The van der Waals surface area contributed by atoms with Gasteiger partial charge in [-0.25, -0.2) is 4.39 Å². The molecule has 3 aromatic rings. The Kier molecular flexibility index (Phi) is 6.64. The van der Waals surface area contributed by atoms with E-state index in [0.717, 1.165) is 46.6 Å². The number of nitrogens with one attached hydrogen (secondary N) is 1. The summed E-state index contributed by atoms with van der Waals surface area (Å²) in [5, 5.41) is 4.49. The third-order valence-electron chi connectivity index (χ3n) is 4.57. The van der Waals surface area contributed by atoms with Gasteiger partial charge in [0.15, 0.2) is 0 Å². The molecule has 0 atom stereocenters. The number of nitrogens with zero attached hydrogens (tertiary/aromatic N) is 1. The second-order valence-corrected chi connectivity index (χ2v) is 6.88. The fourth-order valence-corrected chi connectivity index (χ4v) is 3.09. The van der Waals surface area contributed by atoms with E-state index >= 15 is 0 Å². The molecule has 4 heteroatoms. The number of pyridine rings is 1. The Balaban J connectivity index is 1.74. The highest BCUT2D eigenvalue weighted by Crippen LogP contribution is 2.28. The molecule has 0 aliphatic carbocycles. The van der Waals surface area contributed by atoms with E-state index in [2.05, 4.69) is 23.3 Å². The highest BCUT2D eigenvalue weighted by molar-refractivity contribution is 5.92. The molecule has 3 rings (SSSR count). The summed E-state index contributed by atoms with van der Waals surface area (Å²) in [5.41, 5.74) is 3.94. The smallest absolute Gasteiger partial charge is 0.123 e. The zero-order valence-corrected chi connectivity index (χ0v) is 16.1.